The van der Waals surface area contributed by atoms with Gasteiger partial charge in [-0.1, -0.05) is 53.5 Å². The molecule has 110 valence electrons. The number of hydrogen-bond acceptors (Lipinski definition) is 2. The summed E-state index contributed by atoms with van der Waals surface area (Å²) in [5, 5.41) is 0. The van der Waals surface area contributed by atoms with Gasteiger partial charge in [-0.15, -0.1) is 0 Å². The minimum Gasteiger partial charge on any atom is -0.515 e. The van der Waals surface area contributed by atoms with Crippen LogP contribution in [0.15, 0.2) is 12.2 Å². The maximum atomic E-state index is 12.1. The van der Waals surface area contributed by atoms with E-state index in [2.05, 4.69) is 34.3 Å². The van der Waals surface area contributed by atoms with Gasteiger partial charge >= 0.3 is 5.97 Å². The van der Waals surface area contributed by atoms with Crippen LogP contribution >= 0.6 is 0 Å². The molecule has 3 heteroatoms. The third-order valence-corrected chi connectivity index (χ3v) is 10.7. The zero-order valence-electron chi connectivity index (χ0n) is 13.3. The molecular weight excluding hydrogens is 252 g/mol. The minimum absolute atomic E-state index is 0.167. The Kier molecular flexibility index (Phi) is 5.84. The lowest BCUT2D eigenvalue weighted by Gasteiger charge is -2.45. The average Bonchev–Trinajstić information content (AvgIpc) is 2.35. The van der Waals surface area contributed by atoms with Crippen molar-refractivity contribution in [2.75, 3.05) is 0 Å². The number of carbonyl (C=O) groups is 1. The summed E-state index contributed by atoms with van der Waals surface area (Å²) in [5.74, 6) is -0.167. The molecule has 0 unspecified atom stereocenters. The summed E-state index contributed by atoms with van der Waals surface area (Å²) in [7, 11) is -2.09. The first-order chi connectivity index (χ1) is 8.82. The van der Waals surface area contributed by atoms with E-state index in [9.17, 15) is 4.79 Å². The van der Waals surface area contributed by atoms with Gasteiger partial charge in [-0.05, 0) is 36.4 Å². The highest BCUT2D eigenvalue weighted by Crippen LogP contribution is 2.49. The Bertz CT molecular complexity index is 320. The van der Waals surface area contributed by atoms with Crippen LogP contribution < -0.4 is 0 Å². The van der Waals surface area contributed by atoms with Crippen LogP contribution in [0.2, 0.25) is 16.6 Å². The quantitative estimate of drug-likeness (QED) is 0.511. The zero-order valence-corrected chi connectivity index (χ0v) is 14.3. The molecular formula is C16H30O2Si. The van der Waals surface area contributed by atoms with Gasteiger partial charge in [0, 0.05) is 5.57 Å². The lowest BCUT2D eigenvalue weighted by atomic mass is 10.0. The summed E-state index contributed by atoms with van der Waals surface area (Å²) in [6, 6.07) is 0. The Hall–Kier alpha value is -0.573. The third kappa shape index (κ3) is 3.50. The van der Waals surface area contributed by atoms with Crippen LogP contribution in [-0.2, 0) is 9.22 Å². The molecule has 19 heavy (non-hydrogen) atoms. The molecule has 0 bridgehead atoms. The van der Waals surface area contributed by atoms with E-state index in [0.29, 0.717) is 22.2 Å². The molecule has 0 aliphatic heterocycles. The van der Waals surface area contributed by atoms with Crippen LogP contribution in [-0.4, -0.2) is 14.3 Å². The second kappa shape index (κ2) is 6.73. The van der Waals surface area contributed by atoms with Crippen LogP contribution in [0.25, 0.3) is 0 Å². The summed E-state index contributed by atoms with van der Waals surface area (Å²) in [5.41, 5.74) is 2.11. The van der Waals surface area contributed by atoms with Gasteiger partial charge in [-0.2, -0.15) is 0 Å². The largest absolute Gasteiger partial charge is 0.515 e. The molecule has 1 fully saturated rings. The molecule has 2 nitrogen and oxygen atoms in total. The predicted molar refractivity (Wildman–Crippen MR) is 83.7 cm³/mol. The SMILES string of the molecule is C=C(C)C(=O)O[Si](C(C)C)(C(C)C)C1CCCCC1. The maximum Gasteiger partial charge on any atom is 0.319 e. The van der Waals surface area contributed by atoms with Crippen LogP contribution in [0.4, 0.5) is 0 Å². The fraction of sp³-hybridized carbons (Fsp3) is 0.812. The molecule has 0 aromatic carbocycles. The number of rotatable bonds is 5. The molecule has 0 heterocycles. The highest BCUT2D eigenvalue weighted by atomic mass is 28.4. The van der Waals surface area contributed by atoms with E-state index in [1.165, 1.54) is 32.1 Å². The minimum atomic E-state index is -2.09. The first-order valence-corrected chi connectivity index (χ1v) is 9.85. The fourth-order valence-electron chi connectivity index (χ4n) is 3.73. The van der Waals surface area contributed by atoms with Gasteiger partial charge in [0.1, 0.15) is 0 Å². The van der Waals surface area contributed by atoms with Crippen LogP contribution in [0.1, 0.15) is 66.7 Å². The van der Waals surface area contributed by atoms with Crippen molar-refractivity contribution < 1.29 is 9.22 Å². The van der Waals surface area contributed by atoms with Crippen molar-refractivity contribution >= 4 is 14.3 Å². The predicted octanol–water partition coefficient (Wildman–Crippen LogP) is 5.21. The van der Waals surface area contributed by atoms with Gasteiger partial charge in [-0.3, -0.25) is 0 Å². The topological polar surface area (TPSA) is 26.3 Å². The van der Waals surface area contributed by atoms with Crippen LogP contribution in [0.3, 0.4) is 0 Å². The molecule has 0 saturated heterocycles. The summed E-state index contributed by atoms with van der Waals surface area (Å²) < 4.78 is 6.16. The molecule has 0 spiro atoms. The average molecular weight is 282 g/mol. The molecule has 1 aliphatic rings. The van der Waals surface area contributed by atoms with Crippen molar-refractivity contribution in [1.82, 2.24) is 0 Å². The smallest absolute Gasteiger partial charge is 0.319 e. The van der Waals surface area contributed by atoms with Crippen molar-refractivity contribution in [3.63, 3.8) is 0 Å². The van der Waals surface area contributed by atoms with Crippen LogP contribution in [0.5, 0.6) is 0 Å². The van der Waals surface area contributed by atoms with Crippen molar-refractivity contribution in [3.8, 4) is 0 Å². The molecule has 0 radical (unpaired) electrons. The Balaban J connectivity index is 3.05. The van der Waals surface area contributed by atoms with Gasteiger partial charge in [0.15, 0.2) is 0 Å². The van der Waals surface area contributed by atoms with Gasteiger partial charge in [0.05, 0.1) is 0 Å². The summed E-state index contributed by atoms with van der Waals surface area (Å²) in [6.07, 6.45) is 6.41. The van der Waals surface area contributed by atoms with Gasteiger partial charge in [0.2, 0.25) is 0 Å². The van der Waals surface area contributed by atoms with Gasteiger partial charge in [-0.25, -0.2) is 4.79 Å². The maximum absolute atomic E-state index is 12.1. The number of carbonyl (C=O) groups excluding carboxylic acids is 1. The molecule has 1 rings (SSSR count). The Labute approximate surface area is 119 Å². The molecule has 1 saturated carbocycles. The van der Waals surface area contributed by atoms with Gasteiger partial charge in [0.25, 0.3) is 8.32 Å². The van der Waals surface area contributed by atoms with E-state index in [1.54, 1.807) is 6.92 Å². The lowest BCUT2D eigenvalue weighted by molar-refractivity contribution is -0.131. The van der Waals surface area contributed by atoms with E-state index in [-0.39, 0.29) is 5.97 Å². The molecule has 1 aliphatic carbocycles. The van der Waals surface area contributed by atoms with E-state index < -0.39 is 8.32 Å². The Morgan fingerprint density at radius 3 is 1.95 bits per heavy atom. The molecule has 0 atom stereocenters. The van der Waals surface area contributed by atoms with E-state index in [1.807, 2.05) is 0 Å². The zero-order chi connectivity index (χ0) is 14.6. The standard InChI is InChI=1S/C16H30O2Si/c1-12(2)16(17)18-19(13(3)4,14(5)6)15-10-8-7-9-11-15/h13-15H,1,7-11H2,2-6H3. The lowest BCUT2D eigenvalue weighted by Crippen LogP contribution is -2.51. The summed E-state index contributed by atoms with van der Waals surface area (Å²) in [6.45, 7) is 14.5. The second-order valence-corrected chi connectivity index (χ2v) is 11.7. The first-order valence-electron chi connectivity index (χ1n) is 7.71. The third-order valence-electron chi connectivity index (χ3n) is 4.67. The first kappa shape index (κ1) is 16.5. The van der Waals surface area contributed by atoms with E-state index in [0.717, 1.165) is 0 Å². The van der Waals surface area contributed by atoms with Crippen molar-refractivity contribution in [2.45, 2.75) is 83.3 Å². The Morgan fingerprint density at radius 1 is 1.11 bits per heavy atom. The van der Waals surface area contributed by atoms with Crippen molar-refractivity contribution in [2.24, 2.45) is 0 Å². The highest BCUT2D eigenvalue weighted by molar-refractivity contribution is 6.79. The van der Waals surface area contributed by atoms with E-state index >= 15 is 0 Å². The second-order valence-electron chi connectivity index (χ2n) is 6.67. The fourth-order valence-corrected chi connectivity index (χ4v) is 9.39. The molecule has 0 N–H and O–H groups in total. The summed E-state index contributed by atoms with van der Waals surface area (Å²) >= 11 is 0. The normalized spacial score (nSPS) is 17.8. The van der Waals surface area contributed by atoms with Gasteiger partial charge < -0.3 is 4.43 Å². The number of hydrogen-bond donors (Lipinski definition) is 0. The van der Waals surface area contributed by atoms with Crippen LogP contribution in [0, 0.1) is 0 Å². The van der Waals surface area contributed by atoms with Crippen molar-refractivity contribution in [3.05, 3.63) is 12.2 Å². The summed E-state index contributed by atoms with van der Waals surface area (Å²) in [4.78, 5) is 12.1. The molecule has 0 aromatic heterocycles. The van der Waals surface area contributed by atoms with E-state index in [4.69, 9.17) is 4.43 Å². The van der Waals surface area contributed by atoms with Crippen molar-refractivity contribution in [1.29, 1.82) is 0 Å². The molecule has 0 amide bonds. The monoisotopic (exact) mass is 282 g/mol. The molecule has 0 aromatic rings. The Morgan fingerprint density at radius 2 is 1.58 bits per heavy atom. The highest BCUT2D eigenvalue weighted by Gasteiger charge is 2.51.